The van der Waals surface area contributed by atoms with Crippen molar-refractivity contribution in [2.75, 3.05) is 0 Å². The summed E-state index contributed by atoms with van der Waals surface area (Å²) in [7, 11) is 0. The minimum atomic E-state index is -1.90. The van der Waals surface area contributed by atoms with Crippen LogP contribution in [0, 0.1) is 6.92 Å². The van der Waals surface area contributed by atoms with E-state index in [1.165, 1.54) is 26.3 Å². The standard InChI is InChI=1S/C25H34N2O10/c1-16-23(34)18(17(13-26-16)15-37-22(33)12-8-4-7-11-21(31)32)14-27-25(2,24(35)36)19(28)9-5-3-6-10-20(29)30/h13-14,34H,3-12,15H2,1-2H3,(H,29,30)(H,31,32)(H,35,36)/p+2/t25-/m0/s1. The molecule has 0 unspecified atom stereocenters. The molecular formula is C25H36N2O10+2. The van der Waals surface area contributed by atoms with Crippen molar-refractivity contribution in [3.05, 3.63) is 23.0 Å². The van der Waals surface area contributed by atoms with Crippen LogP contribution in [0.25, 0.3) is 0 Å². The van der Waals surface area contributed by atoms with Crippen LogP contribution in [0.4, 0.5) is 0 Å². The predicted molar refractivity (Wildman–Crippen MR) is 131 cm³/mol. The third-order valence-electron chi connectivity index (χ3n) is 5.83. The van der Waals surface area contributed by atoms with E-state index in [1.807, 2.05) is 0 Å². The van der Waals surface area contributed by atoms with Gasteiger partial charge in [-0.15, -0.1) is 0 Å². The van der Waals surface area contributed by atoms with E-state index in [-0.39, 0.29) is 55.1 Å². The Bertz CT molecular complexity index is 1020. The van der Waals surface area contributed by atoms with Crippen LogP contribution < -0.4 is 4.99 Å². The van der Waals surface area contributed by atoms with E-state index in [1.54, 1.807) is 0 Å². The number of ether oxygens (including phenoxy) is 1. The predicted octanol–water partition coefficient (Wildman–Crippen LogP) is 1.10. The van der Waals surface area contributed by atoms with Crippen molar-refractivity contribution in [1.82, 2.24) is 4.98 Å². The lowest BCUT2D eigenvalue weighted by atomic mass is 9.93. The summed E-state index contributed by atoms with van der Waals surface area (Å²) < 4.78 is 5.24. The summed E-state index contributed by atoms with van der Waals surface area (Å²) in [5, 5.41) is 37.6. The molecule has 0 aliphatic carbocycles. The molecule has 0 aliphatic rings. The van der Waals surface area contributed by atoms with Gasteiger partial charge in [-0.2, -0.15) is 0 Å². The molecule has 0 amide bonds. The van der Waals surface area contributed by atoms with E-state index in [0.29, 0.717) is 44.1 Å². The molecule has 1 atom stereocenters. The Morgan fingerprint density at radius 1 is 0.973 bits per heavy atom. The van der Waals surface area contributed by atoms with E-state index in [2.05, 4.69) is 9.98 Å². The Hall–Kier alpha value is -3.83. The molecule has 0 spiro atoms. The molecule has 0 aromatic carbocycles. The number of pyridine rings is 1. The van der Waals surface area contributed by atoms with Gasteiger partial charge in [0.05, 0.1) is 17.7 Å². The number of ketones is 1. The summed E-state index contributed by atoms with van der Waals surface area (Å²) >= 11 is 0. The van der Waals surface area contributed by atoms with E-state index in [9.17, 15) is 34.2 Å². The minimum Gasteiger partial charge on any atom is -0.505 e. The summed E-state index contributed by atoms with van der Waals surface area (Å²) in [6.07, 6.45) is 5.51. The zero-order chi connectivity index (χ0) is 28.0. The number of rotatable bonds is 18. The summed E-state index contributed by atoms with van der Waals surface area (Å²) in [6, 6.07) is 0. The summed E-state index contributed by atoms with van der Waals surface area (Å²) in [6.45, 7) is 2.55. The first-order valence-corrected chi connectivity index (χ1v) is 12.0. The minimum absolute atomic E-state index is 0.0122. The highest BCUT2D eigenvalue weighted by Crippen LogP contribution is 2.22. The Labute approximate surface area is 214 Å². The molecule has 12 nitrogen and oxygen atoms in total. The van der Waals surface area contributed by atoms with Gasteiger partial charge >= 0.3 is 35.2 Å². The summed E-state index contributed by atoms with van der Waals surface area (Å²) in [4.78, 5) is 62.4. The van der Waals surface area contributed by atoms with Crippen LogP contribution >= 0.6 is 0 Å². The first-order valence-electron chi connectivity index (χ1n) is 12.0. The average molecular weight is 525 g/mol. The molecule has 0 bridgehead atoms. The highest BCUT2D eigenvalue weighted by molar-refractivity contribution is 6.06. The second kappa shape index (κ2) is 15.3. The number of aromatic nitrogens is 1. The monoisotopic (exact) mass is 524 g/mol. The van der Waals surface area contributed by atoms with Crippen LogP contribution in [0.5, 0.6) is 5.75 Å². The van der Waals surface area contributed by atoms with Crippen LogP contribution in [0.1, 0.15) is 88.0 Å². The molecule has 0 fully saturated rings. The zero-order valence-electron chi connectivity index (χ0n) is 21.2. The number of hydrogen-bond donors (Lipinski definition) is 5. The molecule has 0 aliphatic heterocycles. The van der Waals surface area contributed by atoms with E-state index >= 15 is 0 Å². The molecule has 6 N–H and O–H groups in total. The largest absolute Gasteiger partial charge is 0.505 e. The van der Waals surface area contributed by atoms with Crippen molar-refractivity contribution < 1.29 is 54.1 Å². The molecular weight excluding hydrogens is 488 g/mol. The number of aliphatic carboxylic acids is 3. The number of carbonyl (C=O) groups is 4. The van der Waals surface area contributed by atoms with Gasteiger partial charge in [-0.1, -0.05) is 12.8 Å². The fraction of sp³-hybridized carbons (Fsp3) is 0.560. The van der Waals surface area contributed by atoms with E-state index < -0.39 is 29.4 Å². The molecule has 1 aromatic rings. The van der Waals surface area contributed by atoms with E-state index in [0.717, 1.165) is 0 Å². The lowest BCUT2D eigenvalue weighted by molar-refractivity contribution is -0.507. The van der Waals surface area contributed by atoms with Crippen molar-refractivity contribution >= 4 is 35.9 Å². The van der Waals surface area contributed by atoms with Crippen LogP contribution in [0.3, 0.4) is 0 Å². The van der Waals surface area contributed by atoms with Gasteiger partial charge in [0.2, 0.25) is 0 Å². The number of nitrogens with zero attached hydrogens (tertiary/aromatic N) is 1. The number of aromatic hydroxyl groups is 1. The molecule has 204 valence electrons. The van der Waals surface area contributed by atoms with Crippen molar-refractivity contribution in [3.63, 3.8) is 0 Å². The molecule has 12 heteroatoms. The maximum atomic E-state index is 12.1. The van der Waals surface area contributed by atoms with Gasteiger partial charge in [0.15, 0.2) is 6.21 Å². The maximum Gasteiger partial charge on any atom is 0.390 e. The second-order valence-electron chi connectivity index (χ2n) is 8.87. The molecule has 37 heavy (non-hydrogen) atoms. The number of carbonyl (C=O) groups excluding carboxylic acids is 2. The van der Waals surface area contributed by atoms with Gasteiger partial charge in [0.1, 0.15) is 12.4 Å². The first-order chi connectivity index (χ1) is 17.4. The second-order valence-corrected chi connectivity index (χ2v) is 8.87. The number of carboxylic acid groups (broad SMARTS) is 3. The number of carboxylic acids is 3. The molecule has 0 radical (unpaired) electrons. The van der Waals surface area contributed by atoms with Gasteiger partial charge in [-0.25, -0.2) is 9.79 Å². The van der Waals surface area contributed by atoms with Gasteiger partial charge in [0, 0.05) is 37.9 Å². The van der Waals surface area contributed by atoms with E-state index in [4.69, 9.17) is 14.9 Å². The third kappa shape index (κ3) is 10.8. The third-order valence-corrected chi connectivity index (χ3v) is 5.83. The topological polar surface area (TPSA) is 207 Å². The molecule has 0 saturated heterocycles. The highest BCUT2D eigenvalue weighted by Gasteiger charge is 2.51. The normalized spacial score (nSPS) is 12.7. The Morgan fingerprint density at radius 3 is 2.05 bits per heavy atom. The number of unbranched alkanes of at least 4 members (excludes halogenated alkanes) is 4. The average Bonchev–Trinajstić information content (AvgIpc) is 2.82. The van der Waals surface area contributed by atoms with Crippen LogP contribution in [0.2, 0.25) is 0 Å². The van der Waals surface area contributed by atoms with Gasteiger partial charge in [-0.05, 0) is 32.6 Å². The maximum absolute atomic E-state index is 12.1. The molecule has 1 aromatic heterocycles. The van der Waals surface area contributed by atoms with Crippen LogP contribution in [-0.4, -0.2) is 71.6 Å². The lowest BCUT2D eigenvalue weighted by Crippen LogP contribution is -2.90. The van der Waals surface area contributed by atoms with Gasteiger partial charge in [-0.3, -0.25) is 24.2 Å². The van der Waals surface area contributed by atoms with Crippen molar-refractivity contribution in [2.45, 2.75) is 90.2 Å². The van der Waals surface area contributed by atoms with Crippen LogP contribution in [-0.2, 0) is 30.5 Å². The van der Waals surface area contributed by atoms with Crippen LogP contribution in [0.15, 0.2) is 6.20 Å². The Kier molecular flexibility index (Phi) is 12.9. The SMILES string of the molecule is Cc1ncc(COC(=O)CCCCCC(=O)O)c(C=[NH+][C@](C)(C(=O)O)C(=[OH+])CCCCCC(=O)O)c1O. The molecule has 1 rings (SSSR count). The lowest BCUT2D eigenvalue weighted by Gasteiger charge is -2.11. The van der Waals surface area contributed by atoms with Crippen molar-refractivity contribution in [2.24, 2.45) is 0 Å². The highest BCUT2D eigenvalue weighted by atomic mass is 16.5. The quantitative estimate of drug-likeness (QED) is 0.0607. The molecule has 0 saturated carbocycles. The first kappa shape index (κ1) is 31.2. The zero-order valence-corrected chi connectivity index (χ0v) is 21.2. The Balaban J connectivity index is 2.90. The van der Waals surface area contributed by atoms with Gasteiger partial charge < -0.3 is 25.2 Å². The number of esters is 1. The number of hydrogen-bond acceptors (Lipinski definition) is 7. The number of aryl methyl sites for hydroxylation is 1. The van der Waals surface area contributed by atoms with Crippen molar-refractivity contribution in [3.8, 4) is 5.75 Å². The fourth-order valence-electron chi connectivity index (χ4n) is 3.36. The van der Waals surface area contributed by atoms with Gasteiger partial charge in [0.25, 0.3) is 0 Å². The summed E-state index contributed by atoms with van der Waals surface area (Å²) in [5.41, 5.74) is -1.20. The molecule has 1 heterocycles. The summed E-state index contributed by atoms with van der Waals surface area (Å²) in [5.74, 6) is -4.33. The number of nitrogens with one attached hydrogen (secondary N) is 1. The Morgan fingerprint density at radius 2 is 1.51 bits per heavy atom. The van der Waals surface area contributed by atoms with Crippen molar-refractivity contribution in [1.29, 1.82) is 0 Å². The smallest absolute Gasteiger partial charge is 0.390 e. The fourth-order valence-corrected chi connectivity index (χ4v) is 3.36.